The van der Waals surface area contributed by atoms with E-state index in [4.69, 9.17) is 9.15 Å². The molecule has 6 rings (SSSR count). The van der Waals surface area contributed by atoms with Crippen LogP contribution >= 0.6 is 0 Å². The highest BCUT2D eigenvalue weighted by Crippen LogP contribution is 2.51. The Morgan fingerprint density at radius 2 is 1.89 bits per heavy atom. The molecule has 2 saturated carbocycles. The van der Waals surface area contributed by atoms with Crippen molar-refractivity contribution in [2.24, 2.45) is 5.92 Å². The predicted molar refractivity (Wildman–Crippen MR) is 134 cm³/mol. The molecule has 0 bridgehead atoms. The largest absolute Gasteiger partial charge is 0.497 e. The summed E-state index contributed by atoms with van der Waals surface area (Å²) in [5, 5.41) is 0. The Bertz CT molecular complexity index is 1450. The van der Waals surface area contributed by atoms with Crippen LogP contribution in [0.5, 0.6) is 5.75 Å². The highest BCUT2D eigenvalue weighted by Gasteiger charge is 2.59. The normalized spacial score (nSPS) is 25.3. The first-order valence-electron chi connectivity index (χ1n) is 12.8. The van der Waals surface area contributed by atoms with Crippen LogP contribution in [0.4, 0.5) is 8.78 Å². The summed E-state index contributed by atoms with van der Waals surface area (Å²) in [5.41, 5.74) is 2.03. The second-order valence-corrected chi connectivity index (χ2v) is 12.4. The van der Waals surface area contributed by atoms with E-state index in [9.17, 15) is 22.0 Å². The second kappa shape index (κ2) is 9.30. The number of oxazole rings is 1. The van der Waals surface area contributed by atoms with Gasteiger partial charge in [0.1, 0.15) is 17.3 Å². The molecule has 3 aliphatic rings. The lowest BCUT2D eigenvalue weighted by Gasteiger charge is -2.39. The maximum atomic E-state index is 14.2. The van der Waals surface area contributed by atoms with Gasteiger partial charge < -0.3 is 14.1 Å². The van der Waals surface area contributed by atoms with Gasteiger partial charge in [-0.25, -0.2) is 22.2 Å². The lowest BCUT2D eigenvalue weighted by atomic mass is 9.90. The van der Waals surface area contributed by atoms with Crippen LogP contribution in [0.25, 0.3) is 11.1 Å². The molecule has 2 aromatic carbocycles. The summed E-state index contributed by atoms with van der Waals surface area (Å²) in [5.74, 6) is -2.42. The van der Waals surface area contributed by atoms with Crippen LogP contribution in [0, 0.1) is 5.92 Å². The fourth-order valence-electron chi connectivity index (χ4n) is 5.96. The molecule has 2 aliphatic carbocycles. The third kappa shape index (κ3) is 4.55. The van der Waals surface area contributed by atoms with Gasteiger partial charge in [-0.15, -0.1) is 0 Å². The molecular weight excluding hydrogens is 516 g/mol. The van der Waals surface area contributed by atoms with Crippen molar-refractivity contribution in [2.45, 2.75) is 74.0 Å². The Morgan fingerprint density at radius 1 is 1.16 bits per heavy atom. The number of nitrogens with zero attached hydrogens (tertiary/aromatic N) is 3. The van der Waals surface area contributed by atoms with E-state index in [1.165, 1.54) is 29.9 Å². The van der Waals surface area contributed by atoms with Crippen LogP contribution in [0.2, 0.25) is 0 Å². The summed E-state index contributed by atoms with van der Waals surface area (Å²) < 4.78 is 67.3. The van der Waals surface area contributed by atoms with E-state index in [1.807, 2.05) is 12.1 Å². The third-order valence-corrected chi connectivity index (χ3v) is 10.1. The van der Waals surface area contributed by atoms with E-state index in [0.717, 1.165) is 12.0 Å². The summed E-state index contributed by atoms with van der Waals surface area (Å²) in [6, 6.07) is 10.0. The lowest BCUT2D eigenvalue weighted by Crippen LogP contribution is -2.53. The lowest BCUT2D eigenvalue weighted by molar-refractivity contribution is -0.141. The fourth-order valence-corrected chi connectivity index (χ4v) is 7.81. The minimum Gasteiger partial charge on any atom is -0.497 e. The number of carbonyl (C=O) groups is 1. The van der Waals surface area contributed by atoms with Crippen LogP contribution in [0.15, 0.2) is 58.2 Å². The number of hydrogen-bond donors (Lipinski definition) is 0. The molecule has 8 nitrogen and oxygen atoms in total. The van der Waals surface area contributed by atoms with Gasteiger partial charge in [0.2, 0.25) is 21.9 Å². The number of alkyl halides is 2. The first-order valence-corrected chi connectivity index (χ1v) is 14.3. The van der Waals surface area contributed by atoms with Crippen molar-refractivity contribution in [1.29, 1.82) is 0 Å². The van der Waals surface area contributed by atoms with Crippen LogP contribution in [-0.2, 0) is 21.4 Å². The molecule has 0 N–H and O–H groups in total. The molecule has 0 unspecified atom stereocenters. The SMILES string of the molecule is COc1ccc(S(=O)(=O)N2[C@@H]3C[C@@H]3C[C@H]2C(=O)N(Cc2ccc3ocnc3c2)C2CCC(F)(F)CC2)cc1. The molecule has 1 amide bonds. The van der Waals surface area contributed by atoms with E-state index in [0.29, 0.717) is 23.3 Å². The van der Waals surface area contributed by atoms with Crippen molar-refractivity contribution in [2.75, 3.05) is 7.11 Å². The Hall–Kier alpha value is -3.05. The standard InChI is InChI=1S/C27H29F2N3O5S/c1-36-20-3-5-21(6-4-20)38(34,35)32-23-13-18(23)14-24(32)26(33)31(19-8-10-27(28,29)11-9-19)15-17-2-7-25-22(12-17)30-16-37-25/h2-7,12,16,18-19,23-24H,8-11,13-15H2,1H3/t18-,23-,24+/m1/s1. The number of hydrogen-bond acceptors (Lipinski definition) is 6. The molecule has 11 heteroatoms. The molecule has 38 heavy (non-hydrogen) atoms. The number of carbonyl (C=O) groups excluding carboxylic acids is 1. The average molecular weight is 546 g/mol. The van der Waals surface area contributed by atoms with Gasteiger partial charge in [-0.05, 0) is 73.6 Å². The zero-order chi connectivity index (χ0) is 26.7. The first kappa shape index (κ1) is 25.2. The average Bonchev–Trinajstić information content (AvgIpc) is 3.31. The molecule has 3 fully saturated rings. The number of ether oxygens (including phenoxy) is 1. The van der Waals surface area contributed by atoms with E-state index in [1.54, 1.807) is 23.1 Å². The highest BCUT2D eigenvalue weighted by atomic mass is 32.2. The number of halogens is 2. The van der Waals surface area contributed by atoms with Crippen molar-refractivity contribution in [3.8, 4) is 5.75 Å². The number of methoxy groups -OCH3 is 1. The van der Waals surface area contributed by atoms with Gasteiger partial charge in [0.05, 0.1) is 12.0 Å². The smallest absolute Gasteiger partial charge is 0.248 e. The summed E-state index contributed by atoms with van der Waals surface area (Å²) in [4.78, 5) is 20.1. The monoisotopic (exact) mass is 545 g/mol. The number of aromatic nitrogens is 1. The third-order valence-electron chi connectivity index (χ3n) is 8.12. The van der Waals surface area contributed by atoms with Gasteiger partial charge in [-0.2, -0.15) is 4.31 Å². The molecule has 0 radical (unpaired) electrons. The van der Waals surface area contributed by atoms with Crippen LogP contribution in [-0.4, -0.2) is 59.7 Å². The Balaban J connectivity index is 1.31. The number of rotatable bonds is 7. The second-order valence-electron chi connectivity index (χ2n) is 10.5. The van der Waals surface area contributed by atoms with Crippen LogP contribution < -0.4 is 4.74 Å². The topological polar surface area (TPSA) is 93.0 Å². The summed E-state index contributed by atoms with van der Waals surface area (Å²) >= 11 is 0. The van der Waals surface area contributed by atoms with Crippen molar-refractivity contribution in [1.82, 2.24) is 14.2 Å². The molecule has 1 aromatic heterocycles. The van der Waals surface area contributed by atoms with Gasteiger partial charge in [0.15, 0.2) is 12.0 Å². The minimum atomic E-state index is -3.95. The first-order chi connectivity index (χ1) is 18.2. The number of piperidine rings is 1. The molecule has 3 atom stereocenters. The van der Waals surface area contributed by atoms with Gasteiger partial charge >= 0.3 is 0 Å². The molecular formula is C27H29F2N3O5S. The Labute approximate surface area is 219 Å². The quantitative estimate of drug-likeness (QED) is 0.431. The number of amides is 1. The van der Waals surface area contributed by atoms with Crippen molar-refractivity contribution in [3.05, 3.63) is 54.4 Å². The number of fused-ring (bicyclic) bond motifs is 2. The van der Waals surface area contributed by atoms with E-state index in [2.05, 4.69) is 4.98 Å². The number of sulfonamides is 1. The zero-order valence-electron chi connectivity index (χ0n) is 20.9. The summed E-state index contributed by atoms with van der Waals surface area (Å²) in [7, 11) is -2.45. The maximum absolute atomic E-state index is 14.2. The van der Waals surface area contributed by atoms with Gasteiger partial charge in [0.25, 0.3) is 0 Å². The van der Waals surface area contributed by atoms with E-state index < -0.39 is 28.0 Å². The summed E-state index contributed by atoms with van der Waals surface area (Å²) in [6.45, 7) is 0.181. The molecule has 1 aliphatic heterocycles. The summed E-state index contributed by atoms with van der Waals surface area (Å²) in [6.07, 6.45) is 2.22. The van der Waals surface area contributed by atoms with Crippen molar-refractivity contribution in [3.63, 3.8) is 0 Å². The molecule has 0 spiro atoms. The Kier molecular flexibility index (Phi) is 6.18. The van der Waals surface area contributed by atoms with Gasteiger partial charge in [-0.1, -0.05) is 6.07 Å². The Morgan fingerprint density at radius 3 is 2.61 bits per heavy atom. The molecule has 1 saturated heterocycles. The van der Waals surface area contributed by atoms with Gasteiger partial charge in [0, 0.05) is 31.5 Å². The molecule has 202 valence electrons. The van der Waals surface area contributed by atoms with Crippen molar-refractivity contribution >= 4 is 27.0 Å². The van der Waals surface area contributed by atoms with Crippen LogP contribution in [0.1, 0.15) is 44.1 Å². The minimum absolute atomic E-state index is 0.101. The zero-order valence-corrected chi connectivity index (χ0v) is 21.7. The van der Waals surface area contributed by atoms with E-state index >= 15 is 0 Å². The maximum Gasteiger partial charge on any atom is 0.248 e. The molecule has 3 aromatic rings. The predicted octanol–water partition coefficient (Wildman–Crippen LogP) is 4.59. The fraction of sp³-hybridized carbons (Fsp3) is 0.481. The number of benzene rings is 2. The van der Waals surface area contributed by atoms with Gasteiger partial charge in [-0.3, -0.25) is 4.79 Å². The van der Waals surface area contributed by atoms with E-state index in [-0.39, 0.29) is 55.0 Å². The van der Waals surface area contributed by atoms with Crippen LogP contribution in [0.3, 0.4) is 0 Å². The highest BCUT2D eigenvalue weighted by molar-refractivity contribution is 7.89. The molecule has 2 heterocycles. The van der Waals surface area contributed by atoms with Crippen molar-refractivity contribution < 1.29 is 31.1 Å².